The largest absolute Gasteiger partial charge is 0.468 e. The van der Waals surface area contributed by atoms with Crippen LogP contribution in [0.15, 0.2) is 53.6 Å². The van der Waals surface area contributed by atoms with E-state index >= 15 is 0 Å². The summed E-state index contributed by atoms with van der Waals surface area (Å²) < 4.78 is 19.2. The summed E-state index contributed by atoms with van der Waals surface area (Å²) in [6, 6.07) is 10.5. The van der Waals surface area contributed by atoms with Gasteiger partial charge in [0, 0.05) is 11.6 Å². The zero-order valence-corrected chi connectivity index (χ0v) is 16.2. The predicted molar refractivity (Wildman–Crippen MR) is 105 cm³/mol. The number of methoxy groups -OCH3 is 1. The zero-order valence-electron chi connectivity index (χ0n) is 15.5. The highest BCUT2D eigenvalue weighted by atomic mass is 35.5. The fourth-order valence-corrected chi connectivity index (χ4v) is 2.88. The average Bonchev–Trinajstić information content (AvgIpc) is 2.71. The molecule has 3 rings (SSSR count). The van der Waals surface area contributed by atoms with E-state index in [1.807, 2.05) is 0 Å². The molecule has 0 unspecified atom stereocenters. The molecule has 2 aromatic carbocycles. The molecular formula is C20H17ClFN3O4. The molecule has 150 valence electrons. The van der Waals surface area contributed by atoms with Gasteiger partial charge in [-0.15, -0.1) is 0 Å². The van der Waals surface area contributed by atoms with E-state index in [1.54, 1.807) is 24.3 Å². The maximum absolute atomic E-state index is 13.5. The van der Waals surface area contributed by atoms with Crippen LogP contribution in [0.2, 0.25) is 5.02 Å². The van der Waals surface area contributed by atoms with Gasteiger partial charge in [0.2, 0.25) is 5.91 Å². The Hall–Kier alpha value is -3.26. The molecule has 0 radical (unpaired) electrons. The van der Waals surface area contributed by atoms with Crippen LogP contribution in [-0.2, 0) is 27.4 Å². The first-order valence-electron chi connectivity index (χ1n) is 8.61. The summed E-state index contributed by atoms with van der Waals surface area (Å²) in [5.41, 5.74) is 0.526. The lowest BCUT2D eigenvalue weighted by Gasteiger charge is -2.22. The second-order valence-electron chi connectivity index (χ2n) is 6.29. The molecule has 0 N–H and O–H groups in total. The molecule has 1 aromatic heterocycles. The van der Waals surface area contributed by atoms with Gasteiger partial charge in [0.15, 0.2) is 0 Å². The maximum atomic E-state index is 13.5. The minimum Gasteiger partial charge on any atom is -0.468 e. The normalized spacial score (nSPS) is 10.7. The molecule has 0 aliphatic rings. The standard InChI is InChI=1S/C20H17ClFN3O4/c1-29-19(27)11-24(9-13-2-4-14(21)5-3-13)18(26)10-25-12-23-17-7-6-15(22)8-16(17)20(25)28/h2-8,12H,9-11H2,1H3. The van der Waals surface area contributed by atoms with Gasteiger partial charge in [-0.1, -0.05) is 23.7 Å². The van der Waals surface area contributed by atoms with E-state index in [4.69, 9.17) is 11.6 Å². The van der Waals surface area contributed by atoms with E-state index in [-0.39, 0.29) is 25.0 Å². The van der Waals surface area contributed by atoms with Gasteiger partial charge in [-0.25, -0.2) is 9.37 Å². The van der Waals surface area contributed by atoms with Crippen molar-refractivity contribution in [2.45, 2.75) is 13.1 Å². The number of esters is 1. The van der Waals surface area contributed by atoms with E-state index in [0.29, 0.717) is 10.5 Å². The number of fused-ring (bicyclic) bond motifs is 1. The molecule has 7 nitrogen and oxygen atoms in total. The minimum absolute atomic E-state index is 0.0671. The number of hydrogen-bond donors (Lipinski definition) is 0. The van der Waals surface area contributed by atoms with Gasteiger partial charge in [0.25, 0.3) is 5.56 Å². The average molecular weight is 418 g/mol. The number of ether oxygens (including phenoxy) is 1. The maximum Gasteiger partial charge on any atom is 0.325 e. The van der Waals surface area contributed by atoms with E-state index in [9.17, 15) is 18.8 Å². The molecule has 0 aliphatic carbocycles. The first-order chi connectivity index (χ1) is 13.9. The van der Waals surface area contributed by atoms with Gasteiger partial charge >= 0.3 is 5.97 Å². The number of hydrogen-bond acceptors (Lipinski definition) is 5. The van der Waals surface area contributed by atoms with Crippen LogP contribution in [0, 0.1) is 5.82 Å². The quantitative estimate of drug-likeness (QED) is 0.575. The van der Waals surface area contributed by atoms with Crippen molar-refractivity contribution in [2.75, 3.05) is 13.7 Å². The van der Waals surface area contributed by atoms with Crippen LogP contribution in [0.1, 0.15) is 5.56 Å². The summed E-state index contributed by atoms with van der Waals surface area (Å²) >= 11 is 5.87. The van der Waals surface area contributed by atoms with Crippen molar-refractivity contribution < 1.29 is 18.7 Å². The van der Waals surface area contributed by atoms with Crippen molar-refractivity contribution in [2.24, 2.45) is 0 Å². The smallest absolute Gasteiger partial charge is 0.325 e. The third-order valence-corrected chi connectivity index (χ3v) is 4.53. The fourth-order valence-electron chi connectivity index (χ4n) is 2.75. The molecule has 0 saturated carbocycles. The number of amides is 1. The number of aromatic nitrogens is 2. The molecule has 0 atom stereocenters. The van der Waals surface area contributed by atoms with Crippen molar-refractivity contribution in [3.63, 3.8) is 0 Å². The molecule has 0 fully saturated rings. The molecule has 9 heteroatoms. The van der Waals surface area contributed by atoms with Crippen LogP contribution >= 0.6 is 11.6 Å². The molecule has 1 heterocycles. The van der Waals surface area contributed by atoms with E-state index in [1.165, 1.54) is 30.5 Å². The third kappa shape index (κ3) is 4.97. The van der Waals surface area contributed by atoms with Crippen molar-refractivity contribution in [1.82, 2.24) is 14.5 Å². The van der Waals surface area contributed by atoms with Crippen molar-refractivity contribution in [3.8, 4) is 0 Å². The van der Waals surface area contributed by atoms with Gasteiger partial charge in [-0.2, -0.15) is 0 Å². The van der Waals surface area contributed by atoms with Crippen LogP contribution in [0.3, 0.4) is 0 Å². The van der Waals surface area contributed by atoms with Gasteiger partial charge in [-0.05, 0) is 35.9 Å². The first kappa shape index (κ1) is 20.5. The highest BCUT2D eigenvalue weighted by Gasteiger charge is 2.19. The molecule has 0 aliphatic heterocycles. The Morgan fingerprint density at radius 3 is 2.62 bits per heavy atom. The summed E-state index contributed by atoms with van der Waals surface area (Å²) in [5.74, 6) is -1.67. The Kier molecular flexibility index (Phi) is 6.23. The summed E-state index contributed by atoms with van der Waals surface area (Å²) in [6.07, 6.45) is 1.22. The number of carbonyl (C=O) groups excluding carboxylic acids is 2. The lowest BCUT2D eigenvalue weighted by atomic mass is 10.2. The Balaban J connectivity index is 1.86. The zero-order chi connectivity index (χ0) is 21.0. The molecule has 3 aromatic rings. The molecular weight excluding hydrogens is 401 g/mol. The number of rotatable bonds is 6. The summed E-state index contributed by atoms with van der Waals surface area (Å²) in [6.45, 7) is -0.527. The van der Waals surface area contributed by atoms with Gasteiger partial charge in [0.1, 0.15) is 18.9 Å². The van der Waals surface area contributed by atoms with Crippen LogP contribution < -0.4 is 5.56 Å². The van der Waals surface area contributed by atoms with Gasteiger partial charge in [-0.3, -0.25) is 19.0 Å². The Bertz CT molecular complexity index is 1110. The van der Waals surface area contributed by atoms with Gasteiger partial charge in [0.05, 0.1) is 24.3 Å². The van der Waals surface area contributed by atoms with Crippen LogP contribution in [0.5, 0.6) is 0 Å². The number of benzene rings is 2. The minimum atomic E-state index is -0.599. The van der Waals surface area contributed by atoms with E-state index in [0.717, 1.165) is 16.2 Å². The van der Waals surface area contributed by atoms with E-state index < -0.39 is 23.3 Å². The lowest BCUT2D eigenvalue weighted by molar-refractivity contribution is -0.147. The van der Waals surface area contributed by atoms with Crippen molar-refractivity contribution in [1.29, 1.82) is 0 Å². The summed E-state index contributed by atoms with van der Waals surface area (Å²) in [7, 11) is 1.22. The molecule has 0 spiro atoms. The summed E-state index contributed by atoms with van der Waals surface area (Å²) in [4.78, 5) is 42.5. The fraction of sp³-hybridized carbons (Fsp3) is 0.200. The Morgan fingerprint density at radius 1 is 1.21 bits per heavy atom. The van der Waals surface area contributed by atoms with Crippen LogP contribution in [0.25, 0.3) is 10.9 Å². The van der Waals surface area contributed by atoms with Crippen molar-refractivity contribution in [3.05, 3.63) is 75.5 Å². The third-order valence-electron chi connectivity index (χ3n) is 4.28. The van der Waals surface area contributed by atoms with Gasteiger partial charge < -0.3 is 9.64 Å². The molecule has 29 heavy (non-hydrogen) atoms. The SMILES string of the molecule is COC(=O)CN(Cc1ccc(Cl)cc1)C(=O)Cn1cnc2ccc(F)cc2c1=O. The van der Waals surface area contributed by atoms with Crippen molar-refractivity contribution >= 4 is 34.4 Å². The number of carbonyl (C=O) groups is 2. The monoisotopic (exact) mass is 417 g/mol. The number of halogens is 2. The Labute approximate surface area is 170 Å². The topological polar surface area (TPSA) is 81.5 Å². The molecule has 0 bridgehead atoms. The Morgan fingerprint density at radius 2 is 1.93 bits per heavy atom. The van der Waals surface area contributed by atoms with E-state index in [2.05, 4.69) is 9.72 Å². The lowest BCUT2D eigenvalue weighted by Crippen LogP contribution is -2.39. The molecule has 1 amide bonds. The highest BCUT2D eigenvalue weighted by molar-refractivity contribution is 6.30. The van der Waals surface area contributed by atoms with Crippen LogP contribution in [0.4, 0.5) is 4.39 Å². The number of nitrogens with zero attached hydrogens (tertiary/aromatic N) is 3. The second kappa shape index (κ2) is 8.83. The summed E-state index contributed by atoms with van der Waals surface area (Å²) in [5, 5.41) is 0.609. The first-order valence-corrected chi connectivity index (χ1v) is 8.99. The second-order valence-corrected chi connectivity index (χ2v) is 6.73. The molecule has 0 saturated heterocycles. The predicted octanol–water partition coefficient (Wildman–Crippen LogP) is 2.39. The van der Waals surface area contributed by atoms with Crippen LogP contribution in [-0.4, -0.2) is 40.0 Å². The highest BCUT2D eigenvalue weighted by Crippen LogP contribution is 2.13.